The minimum Gasteiger partial charge on any atom is -0.462 e. The lowest BCUT2D eigenvalue weighted by molar-refractivity contribution is -0.137. The van der Waals surface area contributed by atoms with Gasteiger partial charge in [-0.1, -0.05) is 18.7 Å². The minimum atomic E-state index is -0.297. The highest BCUT2D eigenvalue weighted by Crippen LogP contribution is 2.44. The van der Waals surface area contributed by atoms with E-state index < -0.39 is 0 Å². The van der Waals surface area contributed by atoms with Crippen molar-refractivity contribution in [2.24, 2.45) is 0 Å². The van der Waals surface area contributed by atoms with E-state index in [1.807, 2.05) is 6.92 Å². The second kappa shape index (κ2) is 5.35. The maximum Gasteiger partial charge on any atom is 0.347 e. The Labute approximate surface area is 109 Å². The van der Waals surface area contributed by atoms with Crippen LogP contribution in [0.5, 0.6) is 0 Å². The molecular weight excluding hydrogens is 258 g/mol. The third kappa shape index (κ3) is 2.33. The van der Waals surface area contributed by atoms with Crippen molar-refractivity contribution in [3.63, 3.8) is 0 Å². The molecule has 2 aliphatic rings. The number of esters is 1. The van der Waals surface area contributed by atoms with Crippen LogP contribution >= 0.6 is 23.5 Å². The Bertz CT molecular complexity index is 381. The van der Waals surface area contributed by atoms with Crippen molar-refractivity contribution in [2.45, 2.75) is 25.5 Å². The molecule has 0 aromatic heterocycles. The van der Waals surface area contributed by atoms with E-state index in [1.165, 1.54) is 23.5 Å². The molecule has 1 unspecified atom stereocenters. The van der Waals surface area contributed by atoms with Crippen LogP contribution in [0, 0.1) is 0 Å². The summed E-state index contributed by atoms with van der Waals surface area (Å²) in [6.07, 6.45) is 0.796. The Morgan fingerprint density at radius 3 is 2.94 bits per heavy atom. The fourth-order valence-electron chi connectivity index (χ4n) is 1.81. The quantitative estimate of drug-likeness (QED) is 0.734. The molecule has 0 spiro atoms. The van der Waals surface area contributed by atoms with Gasteiger partial charge in [0.1, 0.15) is 4.91 Å². The van der Waals surface area contributed by atoms with Gasteiger partial charge in [0.05, 0.1) is 16.9 Å². The zero-order valence-corrected chi connectivity index (χ0v) is 11.5. The molecule has 4 nitrogen and oxygen atoms in total. The first-order valence-electron chi connectivity index (χ1n) is 5.71. The fourth-order valence-corrected chi connectivity index (χ4v) is 4.18. The fraction of sp³-hybridized carbons (Fsp3) is 0.636. The van der Waals surface area contributed by atoms with E-state index >= 15 is 0 Å². The molecule has 17 heavy (non-hydrogen) atoms. The standard InChI is InChI=1S/C11H15NO3S2/c1-3-7-9(13)12-5-6-16-8(10(12)17-7)11(14)15-4-2/h7H,3-6H2,1-2H3. The molecule has 2 rings (SSSR count). The summed E-state index contributed by atoms with van der Waals surface area (Å²) in [5.74, 6) is 0.601. The molecule has 1 amide bonds. The predicted molar refractivity (Wildman–Crippen MR) is 69.5 cm³/mol. The molecule has 0 aliphatic carbocycles. The molecule has 6 heteroatoms. The van der Waals surface area contributed by atoms with Gasteiger partial charge in [-0.05, 0) is 13.3 Å². The normalized spacial score (nSPS) is 24.0. The van der Waals surface area contributed by atoms with Crippen molar-refractivity contribution >= 4 is 35.4 Å². The first-order valence-corrected chi connectivity index (χ1v) is 7.57. The van der Waals surface area contributed by atoms with Gasteiger partial charge < -0.3 is 9.64 Å². The maximum absolute atomic E-state index is 12.0. The zero-order valence-electron chi connectivity index (χ0n) is 9.89. The topological polar surface area (TPSA) is 46.6 Å². The molecule has 1 saturated heterocycles. The summed E-state index contributed by atoms with van der Waals surface area (Å²) in [6, 6.07) is 0. The van der Waals surface area contributed by atoms with E-state index in [0.29, 0.717) is 18.1 Å². The summed E-state index contributed by atoms with van der Waals surface area (Å²) in [5, 5.41) is 0.768. The van der Waals surface area contributed by atoms with Gasteiger partial charge in [0.25, 0.3) is 0 Å². The number of hydrogen-bond donors (Lipinski definition) is 0. The highest BCUT2D eigenvalue weighted by atomic mass is 32.2. The second-order valence-electron chi connectivity index (χ2n) is 3.71. The Morgan fingerprint density at radius 1 is 1.53 bits per heavy atom. The van der Waals surface area contributed by atoms with E-state index in [9.17, 15) is 9.59 Å². The Balaban J connectivity index is 2.28. The monoisotopic (exact) mass is 273 g/mol. The van der Waals surface area contributed by atoms with Crippen LogP contribution in [-0.2, 0) is 14.3 Å². The van der Waals surface area contributed by atoms with E-state index in [0.717, 1.165) is 17.2 Å². The van der Waals surface area contributed by atoms with Gasteiger partial charge >= 0.3 is 5.97 Å². The van der Waals surface area contributed by atoms with Crippen LogP contribution in [-0.4, -0.2) is 40.9 Å². The molecular formula is C11H15NO3S2. The highest BCUT2D eigenvalue weighted by Gasteiger charge is 2.40. The van der Waals surface area contributed by atoms with Gasteiger partial charge in [-0.15, -0.1) is 11.8 Å². The summed E-state index contributed by atoms with van der Waals surface area (Å²) in [7, 11) is 0. The van der Waals surface area contributed by atoms with E-state index in [1.54, 1.807) is 11.8 Å². The van der Waals surface area contributed by atoms with Crippen molar-refractivity contribution in [3.8, 4) is 0 Å². The van der Waals surface area contributed by atoms with Crippen LogP contribution in [0.4, 0.5) is 0 Å². The van der Waals surface area contributed by atoms with Crippen molar-refractivity contribution in [3.05, 3.63) is 9.93 Å². The van der Waals surface area contributed by atoms with E-state index in [4.69, 9.17) is 4.74 Å². The van der Waals surface area contributed by atoms with Gasteiger partial charge in [0.2, 0.25) is 5.91 Å². The molecule has 2 aliphatic heterocycles. The molecule has 1 fully saturated rings. The van der Waals surface area contributed by atoms with Gasteiger partial charge in [0, 0.05) is 12.3 Å². The van der Waals surface area contributed by atoms with Crippen LogP contribution in [0.1, 0.15) is 20.3 Å². The maximum atomic E-state index is 12.0. The van der Waals surface area contributed by atoms with Crippen molar-refractivity contribution in [1.29, 1.82) is 0 Å². The van der Waals surface area contributed by atoms with Crippen LogP contribution in [0.15, 0.2) is 9.93 Å². The van der Waals surface area contributed by atoms with Crippen molar-refractivity contribution in [1.82, 2.24) is 4.90 Å². The van der Waals surface area contributed by atoms with E-state index in [-0.39, 0.29) is 17.1 Å². The molecule has 94 valence electrons. The molecule has 2 heterocycles. The number of carbonyl (C=O) groups excluding carboxylic acids is 2. The minimum absolute atomic E-state index is 0.0341. The molecule has 0 N–H and O–H groups in total. The molecule has 0 radical (unpaired) electrons. The van der Waals surface area contributed by atoms with Crippen LogP contribution < -0.4 is 0 Å². The Morgan fingerprint density at radius 2 is 2.29 bits per heavy atom. The number of fused-ring (bicyclic) bond motifs is 1. The lowest BCUT2D eigenvalue weighted by Gasteiger charge is -2.24. The van der Waals surface area contributed by atoms with Crippen LogP contribution in [0.2, 0.25) is 0 Å². The van der Waals surface area contributed by atoms with Gasteiger partial charge in [-0.3, -0.25) is 4.79 Å². The first kappa shape index (κ1) is 12.8. The van der Waals surface area contributed by atoms with E-state index in [2.05, 4.69) is 0 Å². The predicted octanol–water partition coefficient (Wildman–Crippen LogP) is 1.82. The SMILES string of the molecule is CCOC(=O)C1=C2SC(CC)C(=O)N2CCS1. The molecule has 0 aromatic rings. The number of ether oxygens (including phenoxy) is 1. The Kier molecular flexibility index (Phi) is 4.04. The zero-order chi connectivity index (χ0) is 12.4. The Hall–Kier alpha value is -0.620. The molecule has 0 saturated carbocycles. The van der Waals surface area contributed by atoms with Crippen LogP contribution in [0.25, 0.3) is 0 Å². The third-order valence-electron chi connectivity index (χ3n) is 2.63. The average Bonchev–Trinajstić information content (AvgIpc) is 2.66. The van der Waals surface area contributed by atoms with Gasteiger partial charge in [-0.2, -0.15) is 0 Å². The largest absolute Gasteiger partial charge is 0.462 e. The first-order chi connectivity index (χ1) is 8.19. The highest BCUT2D eigenvalue weighted by molar-refractivity contribution is 8.08. The summed E-state index contributed by atoms with van der Waals surface area (Å²) in [4.78, 5) is 26.1. The van der Waals surface area contributed by atoms with Gasteiger partial charge in [0.15, 0.2) is 0 Å². The summed E-state index contributed by atoms with van der Waals surface area (Å²) in [5.41, 5.74) is 0. The van der Waals surface area contributed by atoms with Crippen LogP contribution in [0.3, 0.4) is 0 Å². The lowest BCUT2D eigenvalue weighted by Crippen LogP contribution is -2.33. The molecule has 1 atom stereocenters. The summed E-state index contributed by atoms with van der Waals surface area (Å²) >= 11 is 2.99. The average molecular weight is 273 g/mol. The number of carbonyl (C=O) groups is 2. The van der Waals surface area contributed by atoms with Gasteiger partial charge in [-0.25, -0.2) is 4.79 Å². The summed E-state index contributed by atoms with van der Waals surface area (Å²) in [6.45, 7) is 4.85. The molecule has 0 bridgehead atoms. The number of thioether (sulfide) groups is 2. The third-order valence-corrected chi connectivity index (χ3v) is 5.26. The number of nitrogens with zero attached hydrogens (tertiary/aromatic N) is 1. The smallest absolute Gasteiger partial charge is 0.347 e. The number of rotatable bonds is 3. The molecule has 0 aromatic carbocycles. The number of amides is 1. The number of hydrogen-bond acceptors (Lipinski definition) is 5. The van der Waals surface area contributed by atoms with Crippen molar-refractivity contribution < 1.29 is 14.3 Å². The lowest BCUT2D eigenvalue weighted by atomic mass is 10.3. The summed E-state index contributed by atoms with van der Waals surface area (Å²) < 4.78 is 5.02. The van der Waals surface area contributed by atoms with Crippen molar-refractivity contribution in [2.75, 3.05) is 18.9 Å². The second-order valence-corrected chi connectivity index (χ2v) is 6.00.